The maximum absolute atomic E-state index is 11.1. The normalized spacial score (nSPS) is 10.9. The average Bonchev–Trinajstić information content (AvgIpc) is 2.85. The molecule has 0 unspecified atom stereocenters. The number of aromatic carboxylic acids is 1. The Kier molecular flexibility index (Phi) is 9.67. The topological polar surface area (TPSA) is 87.1 Å². The molecule has 0 bridgehead atoms. The fourth-order valence-corrected chi connectivity index (χ4v) is 3.76. The van der Waals surface area contributed by atoms with E-state index >= 15 is 0 Å². The van der Waals surface area contributed by atoms with Crippen LogP contribution in [0.5, 0.6) is 5.75 Å². The Morgan fingerprint density at radius 2 is 1.47 bits per heavy atom. The molecule has 0 amide bonds. The SMILES string of the molecule is O=C(O)CCCCN(CCc1ccccc1OCc1ccccc1)Cc1ccc(C(=O)O)cc1. The lowest BCUT2D eigenvalue weighted by atomic mass is 10.1. The molecule has 34 heavy (non-hydrogen) atoms. The fourth-order valence-electron chi connectivity index (χ4n) is 3.76. The maximum Gasteiger partial charge on any atom is 0.335 e. The van der Waals surface area contributed by atoms with Gasteiger partial charge in [0, 0.05) is 19.5 Å². The molecule has 0 saturated carbocycles. The van der Waals surface area contributed by atoms with Gasteiger partial charge in [0.05, 0.1) is 5.56 Å². The third-order valence-corrected chi connectivity index (χ3v) is 5.63. The number of aliphatic carboxylic acids is 1. The van der Waals surface area contributed by atoms with Crippen LogP contribution in [0.2, 0.25) is 0 Å². The van der Waals surface area contributed by atoms with Gasteiger partial charge in [0.1, 0.15) is 12.4 Å². The molecular weight excluding hydrogens is 430 g/mol. The molecule has 178 valence electrons. The monoisotopic (exact) mass is 461 g/mol. The van der Waals surface area contributed by atoms with E-state index in [-0.39, 0.29) is 12.0 Å². The second-order valence-electron chi connectivity index (χ2n) is 8.26. The smallest absolute Gasteiger partial charge is 0.335 e. The number of carboxylic acid groups (broad SMARTS) is 2. The van der Waals surface area contributed by atoms with Crippen molar-refractivity contribution in [3.63, 3.8) is 0 Å². The van der Waals surface area contributed by atoms with Crippen molar-refractivity contribution in [2.75, 3.05) is 13.1 Å². The van der Waals surface area contributed by atoms with Crippen molar-refractivity contribution in [1.29, 1.82) is 0 Å². The highest BCUT2D eigenvalue weighted by Gasteiger charge is 2.11. The van der Waals surface area contributed by atoms with Crippen LogP contribution >= 0.6 is 0 Å². The van der Waals surface area contributed by atoms with Crippen LogP contribution in [0.15, 0.2) is 78.9 Å². The number of rotatable bonds is 14. The minimum atomic E-state index is -0.941. The highest BCUT2D eigenvalue weighted by Crippen LogP contribution is 2.21. The van der Waals surface area contributed by atoms with Crippen molar-refractivity contribution >= 4 is 11.9 Å². The van der Waals surface area contributed by atoms with E-state index in [1.165, 1.54) is 0 Å². The summed E-state index contributed by atoms with van der Waals surface area (Å²) in [4.78, 5) is 24.3. The standard InChI is InChI=1S/C28H31NO5/c30-27(31)12-6-7-18-29(20-22-13-15-25(16-14-22)28(32)33)19-17-24-10-4-5-11-26(24)34-21-23-8-2-1-3-9-23/h1-5,8-11,13-16H,6-7,12,17-21H2,(H,30,31)(H,32,33). The summed E-state index contributed by atoms with van der Waals surface area (Å²) in [6.45, 7) is 2.72. The number of hydrogen-bond donors (Lipinski definition) is 2. The Morgan fingerprint density at radius 1 is 0.765 bits per heavy atom. The van der Waals surface area contributed by atoms with Crippen molar-refractivity contribution < 1.29 is 24.5 Å². The van der Waals surface area contributed by atoms with E-state index in [0.29, 0.717) is 19.6 Å². The van der Waals surface area contributed by atoms with Crippen LogP contribution in [0.3, 0.4) is 0 Å². The van der Waals surface area contributed by atoms with Gasteiger partial charge in [-0.15, -0.1) is 0 Å². The quantitative estimate of drug-likeness (QED) is 0.318. The molecule has 0 aliphatic rings. The molecule has 3 aromatic carbocycles. The Labute approximate surface area is 200 Å². The van der Waals surface area contributed by atoms with Crippen LogP contribution in [0.25, 0.3) is 0 Å². The number of nitrogens with zero attached hydrogens (tertiary/aromatic N) is 1. The second-order valence-corrected chi connectivity index (χ2v) is 8.26. The van der Waals surface area contributed by atoms with Crippen molar-refractivity contribution in [1.82, 2.24) is 4.90 Å². The average molecular weight is 462 g/mol. The van der Waals surface area contributed by atoms with Crippen LogP contribution in [-0.2, 0) is 24.4 Å². The molecule has 6 nitrogen and oxygen atoms in total. The fraction of sp³-hybridized carbons (Fsp3) is 0.286. The van der Waals surface area contributed by atoms with Gasteiger partial charge in [-0.2, -0.15) is 0 Å². The molecule has 0 heterocycles. The van der Waals surface area contributed by atoms with Gasteiger partial charge >= 0.3 is 11.9 Å². The summed E-state index contributed by atoms with van der Waals surface area (Å²) in [7, 11) is 0. The zero-order chi connectivity index (χ0) is 24.2. The van der Waals surface area contributed by atoms with E-state index in [1.54, 1.807) is 12.1 Å². The number of unbranched alkanes of at least 4 members (excludes halogenated alkanes) is 1. The Balaban J connectivity index is 1.63. The molecule has 0 aliphatic heterocycles. The summed E-state index contributed by atoms with van der Waals surface area (Å²) in [6.07, 6.45) is 2.36. The largest absolute Gasteiger partial charge is 0.489 e. The summed E-state index contributed by atoms with van der Waals surface area (Å²) in [5.41, 5.74) is 3.52. The summed E-state index contributed by atoms with van der Waals surface area (Å²) in [5, 5.41) is 18.1. The first-order valence-electron chi connectivity index (χ1n) is 11.5. The summed E-state index contributed by atoms with van der Waals surface area (Å²) < 4.78 is 6.09. The molecule has 0 saturated heterocycles. The van der Waals surface area contributed by atoms with Crippen LogP contribution in [0.1, 0.15) is 46.3 Å². The summed E-state index contributed by atoms with van der Waals surface area (Å²) in [5.74, 6) is -0.854. The number of carboxylic acids is 2. The Bertz CT molecular complexity index is 1050. The third kappa shape index (κ3) is 8.37. The predicted molar refractivity (Wildman–Crippen MR) is 131 cm³/mol. The lowest BCUT2D eigenvalue weighted by Gasteiger charge is -2.23. The number of carbonyl (C=O) groups is 2. The molecule has 3 rings (SSSR count). The number of ether oxygens (including phenoxy) is 1. The van der Waals surface area contributed by atoms with Crippen molar-refractivity contribution in [3.05, 3.63) is 101 Å². The Morgan fingerprint density at radius 3 is 2.18 bits per heavy atom. The Hall–Kier alpha value is -3.64. The van der Waals surface area contributed by atoms with Gasteiger partial charge in [0.2, 0.25) is 0 Å². The van der Waals surface area contributed by atoms with Gasteiger partial charge < -0.3 is 14.9 Å². The number of para-hydroxylation sites is 1. The van der Waals surface area contributed by atoms with Crippen LogP contribution in [0, 0.1) is 0 Å². The zero-order valence-electron chi connectivity index (χ0n) is 19.2. The molecule has 0 aliphatic carbocycles. The predicted octanol–water partition coefficient (Wildman–Crippen LogP) is 5.26. The van der Waals surface area contributed by atoms with Gasteiger partial charge in [-0.3, -0.25) is 9.69 Å². The first-order valence-corrected chi connectivity index (χ1v) is 11.5. The molecule has 0 atom stereocenters. The van der Waals surface area contributed by atoms with Gasteiger partial charge in [-0.25, -0.2) is 4.79 Å². The second kappa shape index (κ2) is 13.2. The molecular formula is C28H31NO5. The molecule has 6 heteroatoms. The lowest BCUT2D eigenvalue weighted by molar-refractivity contribution is -0.137. The molecule has 0 spiro atoms. The van der Waals surface area contributed by atoms with Crippen molar-refractivity contribution in [2.45, 2.75) is 38.8 Å². The number of benzene rings is 3. The third-order valence-electron chi connectivity index (χ3n) is 5.63. The molecule has 2 N–H and O–H groups in total. The summed E-state index contributed by atoms with van der Waals surface area (Å²) in [6, 6.07) is 25.0. The van der Waals surface area contributed by atoms with E-state index < -0.39 is 11.9 Å². The van der Waals surface area contributed by atoms with Crippen LogP contribution < -0.4 is 4.74 Å². The van der Waals surface area contributed by atoms with E-state index in [0.717, 1.165) is 48.4 Å². The van der Waals surface area contributed by atoms with E-state index in [1.807, 2.05) is 60.7 Å². The molecule has 3 aromatic rings. The minimum Gasteiger partial charge on any atom is -0.489 e. The zero-order valence-corrected chi connectivity index (χ0v) is 19.2. The van der Waals surface area contributed by atoms with E-state index in [2.05, 4.69) is 11.0 Å². The van der Waals surface area contributed by atoms with Crippen LogP contribution in [0.4, 0.5) is 0 Å². The maximum atomic E-state index is 11.1. The van der Waals surface area contributed by atoms with Crippen molar-refractivity contribution in [3.8, 4) is 5.75 Å². The highest BCUT2D eigenvalue weighted by atomic mass is 16.5. The van der Waals surface area contributed by atoms with E-state index in [9.17, 15) is 9.59 Å². The first-order chi connectivity index (χ1) is 16.5. The van der Waals surface area contributed by atoms with Crippen LogP contribution in [-0.4, -0.2) is 40.1 Å². The van der Waals surface area contributed by atoms with Gasteiger partial charge in [-0.05, 0) is 60.7 Å². The minimum absolute atomic E-state index is 0.164. The summed E-state index contributed by atoms with van der Waals surface area (Å²) >= 11 is 0. The van der Waals surface area contributed by atoms with Gasteiger partial charge in [-0.1, -0.05) is 60.7 Å². The van der Waals surface area contributed by atoms with Crippen molar-refractivity contribution in [2.24, 2.45) is 0 Å². The molecule has 0 fully saturated rings. The van der Waals surface area contributed by atoms with Gasteiger partial charge in [0.15, 0.2) is 0 Å². The first kappa shape index (κ1) is 25.0. The lowest BCUT2D eigenvalue weighted by Crippen LogP contribution is -2.27. The molecule has 0 aromatic heterocycles. The number of hydrogen-bond acceptors (Lipinski definition) is 4. The van der Waals surface area contributed by atoms with Gasteiger partial charge in [0.25, 0.3) is 0 Å². The highest BCUT2D eigenvalue weighted by molar-refractivity contribution is 5.87. The molecule has 0 radical (unpaired) electrons. The van der Waals surface area contributed by atoms with E-state index in [4.69, 9.17) is 14.9 Å².